The Hall–Kier alpha value is -1.91. The van der Waals surface area contributed by atoms with Crippen molar-refractivity contribution >= 4 is 22.6 Å². The molecule has 0 saturated carbocycles. The highest BCUT2D eigenvalue weighted by Crippen LogP contribution is 2.29. The Morgan fingerprint density at radius 3 is 2.90 bits per heavy atom. The molecule has 102 valence electrons. The molecule has 1 aromatic carbocycles. The highest BCUT2D eigenvalue weighted by atomic mass is 35.5. The standard InChI is InChI=1S/C15H15ClN4/c1-2-20-14-12(16)4-3-5-13(14)19-15(20)10-6-7-18-11(8-10)9-17/h3-8H,2,9,17H2,1H3. The molecule has 0 aliphatic rings. The Bertz CT molecular complexity index is 764. The Morgan fingerprint density at radius 2 is 2.15 bits per heavy atom. The van der Waals surface area contributed by atoms with Crippen molar-refractivity contribution in [1.29, 1.82) is 0 Å². The van der Waals surface area contributed by atoms with Crippen LogP contribution in [0.4, 0.5) is 0 Å². The summed E-state index contributed by atoms with van der Waals surface area (Å²) >= 11 is 6.31. The highest BCUT2D eigenvalue weighted by Gasteiger charge is 2.14. The van der Waals surface area contributed by atoms with Gasteiger partial charge in [-0.1, -0.05) is 17.7 Å². The molecule has 0 saturated heterocycles. The van der Waals surface area contributed by atoms with Crippen molar-refractivity contribution in [2.24, 2.45) is 5.73 Å². The number of para-hydroxylation sites is 1. The summed E-state index contributed by atoms with van der Waals surface area (Å²) in [6.07, 6.45) is 1.76. The normalized spacial score (nSPS) is 11.2. The lowest BCUT2D eigenvalue weighted by Gasteiger charge is -2.07. The Kier molecular flexibility index (Phi) is 3.42. The van der Waals surface area contributed by atoms with Gasteiger partial charge in [0, 0.05) is 24.8 Å². The van der Waals surface area contributed by atoms with Gasteiger partial charge in [0.1, 0.15) is 5.82 Å². The minimum atomic E-state index is 0.418. The summed E-state index contributed by atoms with van der Waals surface area (Å²) in [6.45, 7) is 3.30. The fourth-order valence-corrected chi connectivity index (χ4v) is 2.67. The van der Waals surface area contributed by atoms with E-state index >= 15 is 0 Å². The molecule has 2 aromatic heterocycles. The van der Waals surface area contributed by atoms with Crippen molar-refractivity contribution in [3.05, 3.63) is 47.2 Å². The van der Waals surface area contributed by atoms with Crippen LogP contribution in [0.25, 0.3) is 22.4 Å². The van der Waals surface area contributed by atoms with Crippen molar-refractivity contribution in [1.82, 2.24) is 14.5 Å². The summed E-state index contributed by atoms with van der Waals surface area (Å²) in [5, 5.41) is 0.719. The van der Waals surface area contributed by atoms with E-state index in [-0.39, 0.29) is 0 Å². The maximum atomic E-state index is 6.31. The zero-order valence-corrected chi connectivity index (χ0v) is 11.9. The van der Waals surface area contributed by atoms with Gasteiger partial charge in [-0.3, -0.25) is 4.98 Å². The SMILES string of the molecule is CCn1c(-c2ccnc(CN)c2)nc2cccc(Cl)c21. The second kappa shape index (κ2) is 5.23. The fraction of sp³-hybridized carbons (Fsp3) is 0.200. The number of fused-ring (bicyclic) bond motifs is 1. The number of rotatable bonds is 3. The molecule has 2 heterocycles. The number of pyridine rings is 1. The first-order valence-electron chi connectivity index (χ1n) is 6.54. The van der Waals surface area contributed by atoms with E-state index < -0.39 is 0 Å². The molecule has 3 rings (SSSR count). The molecule has 0 amide bonds. The molecule has 0 radical (unpaired) electrons. The van der Waals surface area contributed by atoms with Gasteiger partial charge in [0.2, 0.25) is 0 Å². The number of benzene rings is 1. The molecule has 2 N–H and O–H groups in total. The predicted molar refractivity (Wildman–Crippen MR) is 81.5 cm³/mol. The third kappa shape index (κ3) is 2.07. The predicted octanol–water partition coefficient (Wildman–Crippen LogP) is 3.23. The summed E-state index contributed by atoms with van der Waals surface area (Å²) in [5.74, 6) is 0.896. The van der Waals surface area contributed by atoms with E-state index in [1.807, 2.05) is 30.3 Å². The van der Waals surface area contributed by atoms with Gasteiger partial charge in [0.05, 0.1) is 21.7 Å². The first-order valence-corrected chi connectivity index (χ1v) is 6.92. The monoisotopic (exact) mass is 286 g/mol. The van der Waals surface area contributed by atoms with E-state index in [9.17, 15) is 0 Å². The van der Waals surface area contributed by atoms with E-state index in [0.717, 1.165) is 39.7 Å². The maximum absolute atomic E-state index is 6.31. The lowest BCUT2D eigenvalue weighted by Crippen LogP contribution is -2.01. The summed E-state index contributed by atoms with van der Waals surface area (Å²) < 4.78 is 2.12. The van der Waals surface area contributed by atoms with Crippen LogP contribution in [-0.4, -0.2) is 14.5 Å². The molecule has 4 nitrogen and oxygen atoms in total. The Balaban J connectivity index is 2.27. The molecule has 20 heavy (non-hydrogen) atoms. The molecule has 0 fully saturated rings. The molecule has 0 spiro atoms. The van der Waals surface area contributed by atoms with Gasteiger partial charge < -0.3 is 10.3 Å². The fourth-order valence-electron chi connectivity index (χ4n) is 2.40. The molecule has 0 aliphatic carbocycles. The van der Waals surface area contributed by atoms with Crippen LogP contribution < -0.4 is 5.73 Å². The van der Waals surface area contributed by atoms with Gasteiger partial charge in [-0.2, -0.15) is 0 Å². The zero-order chi connectivity index (χ0) is 14.1. The number of aromatic nitrogens is 3. The zero-order valence-electron chi connectivity index (χ0n) is 11.2. The number of aryl methyl sites for hydroxylation is 1. The molecule has 3 aromatic rings. The van der Waals surface area contributed by atoms with E-state index in [2.05, 4.69) is 16.5 Å². The van der Waals surface area contributed by atoms with E-state index in [0.29, 0.717) is 6.54 Å². The number of nitrogens with zero attached hydrogens (tertiary/aromatic N) is 3. The van der Waals surface area contributed by atoms with Gasteiger partial charge in [0.15, 0.2) is 0 Å². The molecular formula is C15H15ClN4. The van der Waals surface area contributed by atoms with Crippen molar-refractivity contribution in [2.45, 2.75) is 20.0 Å². The smallest absolute Gasteiger partial charge is 0.141 e. The van der Waals surface area contributed by atoms with Crippen LogP contribution in [-0.2, 0) is 13.1 Å². The number of imidazole rings is 1. The second-order valence-corrected chi connectivity index (χ2v) is 4.93. The minimum absolute atomic E-state index is 0.418. The van der Waals surface area contributed by atoms with E-state index in [1.54, 1.807) is 6.20 Å². The van der Waals surface area contributed by atoms with Gasteiger partial charge >= 0.3 is 0 Å². The van der Waals surface area contributed by atoms with E-state index in [4.69, 9.17) is 22.3 Å². The van der Waals surface area contributed by atoms with Crippen LogP contribution in [0, 0.1) is 0 Å². The van der Waals surface area contributed by atoms with Crippen LogP contribution in [0.2, 0.25) is 5.02 Å². The van der Waals surface area contributed by atoms with Crippen LogP contribution in [0.3, 0.4) is 0 Å². The van der Waals surface area contributed by atoms with Gasteiger partial charge in [-0.05, 0) is 31.2 Å². The first kappa shape index (κ1) is 13.1. The van der Waals surface area contributed by atoms with Gasteiger partial charge in [-0.15, -0.1) is 0 Å². The summed E-state index contributed by atoms with van der Waals surface area (Å²) in [6, 6.07) is 9.70. The molecule has 5 heteroatoms. The van der Waals surface area contributed by atoms with Crippen LogP contribution in [0.1, 0.15) is 12.6 Å². The van der Waals surface area contributed by atoms with Crippen molar-refractivity contribution in [2.75, 3.05) is 0 Å². The number of hydrogen-bond acceptors (Lipinski definition) is 3. The molecule has 0 unspecified atom stereocenters. The van der Waals surface area contributed by atoms with Crippen molar-refractivity contribution in [3.8, 4) is 11.4 Å². The first-order chi connectivity index (χ1) is 9.74. The number of nitrogens with two attached hydrogens (primary N) is 1. The second-order valence-electron chi connectivity index (χ2n) is 4.53. The summed E-state index contributed by atoms with van der Waals surface area (Å²) in [4.78, 5) is 8.92. The maximum Gasteiger partial charge on any atom is 0.141 e. The third-order valence-electron chi connectivity index (χ3n) is 3.32. The number of hydrogen-bond donors (Lipinski definition) is 1. The Labute approximate surface area is 122 Å². The van der Waals surface area contributed by atoms with Gasteiger partial charge in [0.25, 0.3) is 0 Å². The molecular weight excluding hydrogens is 272 g/mol. The molecule has 0 atom stereocenters. The summed E-state index contributed by atoms with van der Waals surface area (Å²) in [7, 11) is 0. The number of halogens is 1. The quantitative estimate of drug-likeness (QED) is 0.804. The molecule has 0 bridgehead atoms. The Morgan fingerprint density at radius 1 is 1.30 bits per heavy atom. The average Bonchev–Trinajstić information content (AvgIpc) is 2.87. The minimum Gasteiger partial charge on any atom is -0.325 e. The largest absolute Gasteiger partial charge is 0.325 e. The summed E-state index contributed by atoms with van der Waals surface area (Å²) in [5.41, 5.74) is 9.39. The topological polar surface area (TPSA) is 56.7 Å². The van der Waals surface area contributed by atoms with Crippen LogP contribution in [0.15, 0.2) is 36.5 Å². The lowest BCUT2D eigenvalue weighted by molar-refractivity contribution is 0.795. The van der Waals surface area contributed by atoms with Crippen molar-refractivity contribution in [3.63, 3.8) is 0 Å². The third-order valence-corrected chi connectivity index (χ3v) is 3.62. The van der Waals surface area contributed by atoms with Crippen molar-refractivity contribution < 1.29 is 0 Å². The van der Waals surface area contributed by atoms with Crippen LogP contribution >= 0.6 is 11.6 Å². The van der Waals surface area contributed by atoms with Gasteiger partial charge in [-0.25, -0.2) is 4.98 Å². The van der Waals surface area contributed by atoms with Crippen LogP contribution in [0.5, 0.6) is 0 Å². The highest BCUT2D eigenvalue weighted by molar-refractivity contribution is 6.35. The molecule has 0 aliphatic heterocycles. The lowest BCUT2D eigenvalue weighted by atomic mass is 10.2. The van der Waals surface area contributed by atoms with E-state index in [1.165, 1.54) is 0 Å². The average molecular weight is 287 g/mol.